The number of non-ortho nitro benzene ring substituents is 1. The van der Waals surface area contributed by atoms with Gasteiger partial charge in [0.1, 0.15) is 0 Å². The lowest BCUT2D eigenvalue weighted by atomic mass is 9.92. The van der Waals surface area contributed by atoms with Crippen molar-refractivity contribution in [1.82, 2.24) is 4.90 Å². The highest BCUT2D eigenvalue weighted by Crippen LogP contribution is 2.25. The van der Waals surface area contributed by atoms with E-state index in [0.29, 0.717) is 18.2 Å². The third-order valence-electron chi connectivity index (χ3n) is 3.98. The van der Waals surface area contributed by atoms with E-state index in [9.17, 15) is 14.9 Å². The molecule has 1 aliphatic rings. The number of likely N-dealkylation sites (tertiary alicyclic amines) is 1. The Morgan fingerprint density at radius 3 is 2.73 bits per heavy atom. The fraction of sp³-hybridized carbons (Fsp3) is 0.533. The smallest absolute Gasteiger partial charge is 0.269 e. The van der Waals surface area contributed by atoms with Gasteiger partial charge in [0, 0.05) is 36.2 Å². The molecule has 2 rings (SSSR count). The van der Waals surface area contributed by atoms with Crippen LogP contribution in [0.2, 0.25) is 0 Å². The van der Waals surface area contributed by atoms with Crippen LogP contribution in [-0.2, 0) is 4.79 Å². The summed E-state index contributed by atoms with van der Waals surface area (Å²) in [6, 6.07) is 6.40. The zero-order chi connectivity index (χ0) is 16.1. The van der Waals surface area contributed by atoms with Crippen LogP contribution in [0, 0.1) is 16.0 Å². The molecule has 1 amide bonds. The van der Waals surface area contributed by atoms with Crippen molar-refractivity contribution >= 4 is 23.4 Å². The summed E-state index contributed by atoms with van der Waals surface area (Å²) < 4.78 is 0. The minimum Gasteiger partial charge on any atom is -0.338 e. The Bertz CT molecular complexity index is 535. The molecular formula is C15H21N3O3S. The molecule has 0 radical (unpaired) electrons. The molecule has 2 atom stereocenters. The highest BCUT2D eigenvalue weighted by molar-refractivity contribution is 8.00. The molecule has 22 heavy (non-hydrogen) atoms. The quantitative estimate of drug-likeness (QED) is 0.510. The van der Waals surface area contributed by atoms with E-state index in [2.05, 4.69) is 6.92 Å². The molecule has 0 bridgehead atoms. The molecule has 1 aromatic rings. The predicted octanol–water partition coefficient (Wildman–Crippen LogP) is 2.27. The molecule has 0 aromatic heterocycles. The number of amides is 1. The first-order valence-corrected chi connectivity index (χ1v) is 8.36. The second-order valence-corrected chi connectivity index (χ2v) is 6.69. The maximum absolute atomic E-state index is 12.4. The zero-order valence-corrected chi connectivity index (χ0v) is 13.4. The number of hydrogen-bond donors (Lipinski definition) is 1. The average molecular weight is 323 g/mol. The van der Waals surface area contributed by atoms with Crippen molar-refractivity contribution in [2.24, 2.45) is 11.7 Å². The summed E-state index contributed by atoms with van der Waals surface area (Å²) in [5.41, 5.74) is 5.84. The van der Waals surface area contributed by atoms with Gasteiger partial charge < -0.3 is 10.6 Å². The molecule has 1 aliphatic heterocycles. The summed E-state index contributed by atoms with van der Waals surface area (Å²) in [6.07, 6.45) is 1.98. The summed E-state index contributed by atoms with van der Waals surface area (Å²) in [5.74, 6) is 1.04. The highest BCUT2D eigenvalue weighted by Gasteiger charge is 2.28. The lowest BCUT2D eigenvalue weighted by molar-refractivity contribution is -0.384. The zero-order valence-electron chi connectivity index (χ0n) is 12.6. The Hall–Kier alpha value is -1.60. The standard InChI is InChI=1S/C15H21N3O3S/c1-11-6-7-17(13(8-11)9-16)15(19)10-22-14-4-2-12(3-5-14)18(20)21/h2-5,11,13H,6-10,16H2,1H3. The van der Waals surface area contributed by atoms with Crippen LogP contribution in [0.1, 0.15) is 19.8 Å². The molecule has 120 valence electrons. The number of nitro benzene ring substituents is 1. The topological polar surface area (TPSA) is 89.5 Å². The Kier molecular flexibility index (Phi) is 5.79. The molecule has 7 heteroatoms. The van der Waals surface area contributed by atoms with Crippen molar-refractivity contribution in [3.63, 3.8) is 0 Å². The summed E-state index contributed by atoms with van der Waals surface area (Å²) in [5, 5.41) is 10.6. The van der Waals surface area contributed by atoms with Crippen molar-refractivity contribution in [3.05, 3.63) is 34.4 Å². The fourth-order valence-corrected chi connectivity index (χ4v) is 3.48. The number of rotatable bonds is 5. The third kappa shape index (κ3) is 4.20. The monoisotopic (exact) mass is 323 g/mol. The summed E-state index contributed by atoms with van der Waals surface area (Å²) in [6.45, 7) is 3.46. The van der Waals surface area contributed by atoms with Gasteiger partial charge in [-0.05, 0) is 30.9 Å². The molecule has 6 nitrogen and oxygen atoms in total. The fourth-order valence-electron chi connectivity index (χ4n) is 2.70. The van der Waals surface area contributed by atoms with Crippen molar-refractivity contribution in [2.75, 3.05) is 18.8 Å². The Morgan fingerprint density at radius 2 is 2.14 bits per heavy atom. The van der Waals surface area contributed by atoms with E-state index in [1.165, 1.54) is 23.9 Å². The van der Waals surface area contributed by atoms with Crippen LogP contribution in [-0.4, -0.2) is 40.6 Å². The van der Waals surface area contributed by atoms with Crippen molar-refractivity contribution in [2.45, 2.75) is 30.7 Å². The first kappa shape index (κ1) is 16.8. The van der Waals surface area contributed by atoms with Gasteiger partial charge in [-0.3, -0.25) is 14.9 Å². The number of benzene rings is 1. The lowest BCUT2D eigenvalue weighted by Gasteiger charge is -2.38. The minimum atomic E-state index is -0.430. The van der Waals surface area contributed by atoms with Gasteiger partial charge in [0.2, 0.25) is 5.91 Å². The molecule has 2 N–H and O–H groups in total. The van der Waals surface area contributed by atoms with Crippen LogP contribution >= 0.6 is 11.8 Å². The Balaban J connectivity index is 1.90. The minimum absolute atomic E-state index is 0.0592. The van der Waals surface area contributed by atoms with Gasteiger partial charge >= 0.3 is 0 Å². The van der Waals surface area contributed by atoms with Gasteiger partial charge in [0.05, 0.1) is 10.7 Å². The van der Waals surface area contributed by atoms with Crippen molar-refractivity contribution in [3.8, 4) is 0 Å². The maximum atomic E-state index is 12.4. The van der Waals surface area contributed by atoms with E-state index in [1.807, 2.05) is 4.90 Å². The van der Waals surface area contributed by atoms with Gasteiger partial charge in [-0.2, -0.15) is 0 Å². The van der Waals surface area contributed by atoms with Crippen LogP contribution in [0.3, 0.4) is 0 Å². The number of carbonyl (C=O) groups is 1. The number of piperidine rings is 1. The molecule has 1 saturated heterocycles. The molecule has 0 aliphatic carbocycles. The normalized spacial score (nSPS) is 21.6. The van der Waals surface area contributed by atoms with Gasteiger partial charge in [-0.25, -0.2) is 0 Å². The second-order valence-electron chi connectivity index (χ2n) is 5.65. The van der Waals surface area contributed by atoms with E-state index in [0.717, 1.165) is 24.3 Å². The molecule has 1 aromatic carbocycles. The van der Waals surface area contributed by atoms with Gasteiger partial charge in [0.15, 0.2) is 0 Å². The number of nitrogens with zero attached hydrogens (tertiary/aromatic N) is 2. The van der Waals surface area contributed by atoms with Crippen LogP contribution < -0.4 is 5.73 Å². The number of nitrogens with two attached hydrogens (primary N) is 1. The van der Waals surface area contributed by atoms with E-state index in [1.54, 1.807) is 12.1 Å². The summed E-state index contributed by atoms with van der Waals surface area (Å²) in [4.78, 5) is 25.3. The van der Waals surface area contributed by atoms with Crippen molar-refractivity contribution < 1.29 is 9.72 Å². The molecule has 1 fully saturated rings. The number of hydrogen-bond acceptors (Lipinski definition) is 5. The van der Waals surface area contributed by atoms with Crippen LogP contribution in [0.5, 0.6) is 0 Å². The Labute approximate surface area is 134 Å². The van der Waals surface area contributed by atoms with Gasteiger partial charge in [0.25, 0.3) is 5.69 Å². The molecule has 2 unspecified atom stereocenters. The third-order valence-corrected chi connectivity index (χ3v) is 4.98. The highest BCUT2D eigenvalue weighted by atomic mass is 32.2. The van der Waals surface area contributed by atoms with E-state index in [-0.39, 0.29) is 17.6 Å². The SMILES string of the molecule is CC1CCN(C(=O)CSc2ccc([N+](=O)[O-])cc2)C(CN)C1. The van der Waals surface area contributed by atoms with Crippen LogP contribution in [0.15, 0.2) is 29.2 Å². The predicted molar refractivity (Wildman–Crippen MR) is 86.8 cm³/mol. The van der Waals surface area contributed by atoms with E-state index in [4.69, 9.17) is 5.73 Å². The van der Waals surface area contributed by atoms with Gasteiger partial charge in [-0.15, -0.1) is 11.8 Å². The number of nitro groups is 1. The summed E-state index contributed by atoms with van der Waals surface area (Å²) >= 11 is 1.40. The van der Waals surface area contributed by atoms with Gasteiger partial charge in [-0.1, -0.05) is 6.92 Å². The van der Waals surface area contributed by atoms with Crippen LogP contribution in [0.25, 0.3) is 0 Å². The Morgan fingerprint density at radius 1 is 1.45 bits per heavy atom. The number of carbonyl (C=O) groups excluding carboxylic acids is 1. The van der Waals surface area contributed by atoms with E-state index < -0.39 is 4.92 Å². The second kappa shape index (κ2) is 7.60. The summed E-state index contributed by atoms with van der Waals surface area (Å²) in [7, 11) is 0. The largest absolute Gasteiger partial charge is 0.338 e. The first-order valence-electron chi connectivity index (χ1n) is 7.38. The molecular weight excluding hydrogens is 302 g/mol. The van der Waals surface area contributed by atoms with Crippen LogP contribution in [0.4, 0.5) is 5.69 Å². The van der Waals surface area contributed by atoms with Crippen molar-refractivity contribution in [1.29, 1.82) is 0 Å². The molecule has 1 heterocycles. The van der Waals surface area contributed by atoms with E-state index >= 15 is 0 Å². The lowest BCUT2D eigenvalue weighted by Crippen LogP contribution is -2.49. The first-order chi connectivity index (χ1) is 10.5. The maximum Gasteiger partial charge on any atom is 0.269 e. The average Bonchev–Trinajstić information content (AvgIpc) is 2.52. The molecule has 0 saturated carbocycles. The molecule has 0 spiro atoms. The number of thioether (sulfide) groups is 1.